The molecule has 0 radical (unpaired) electrons. The first-order valence-electron chi connectivity index (χ1n) is 22.0. The number of rotatable bonds is 17. The van der Waals surface area contributed by atoms with Crippen LogP contribution in [0.3, 0.4) is 0 Å². The van der Waals surface area contributed by atoms with Crippen LogP contribution in [0.25, 0.3) is 33.4 Å². The summed E-state index contributed by atoms with van der Waals surface area (Å²) in [5.41, 5.74) is 5.69. The lowest BCUT2D eigenvalue weighted by Crippen LogP contribution is -2.20. The third-order valence-electron chi connectivity index (χ3n) is 11.0. The van der Waals surface area contributed by atoms with Crippen molar-refractivity contribution in [3.05, 3.63) is 95.1 Å². The van der Waals surface area contributed by atoms with Crippen molar-refractivity contribution in [1.82, 2.24) is 30.0 Å². The quantitative estimate of drug-likeness (QED) is 0.0484. The van der Waals surface area contributed by atoms with Gasteiger partial charge in [-0.1, -0.05) is 104 Å². The standard InChI is InChI=1S/C50H60N6O8/c1-31(35-27-37(49(5,6)7)45(63-33(3)57)43(29-35)55-51-39-21-15-16-22-40(39)52-55)47(59)61-25-19-13-11-12-14-20-26-62-48(60)32(2)36-28-38(50(8,9)10)46(64-34(4)58)44(30-36)56-53-41-23-17-18-24-42(41)54-56/h15-18,21-24,27-32H,11-14,19-20,25-26H2,1-10H3. The second kappa shape index (κ2) is 19.9. The maximum absolute atomic E-state index is 13.4. The highest BCUT2D eigenvalue weighted by atomic mass is 16.5. The monoisotopic (exact) mass is 872 g/mol. The summed E-state index contributed by atoms with van der Waals surface area (Å²) in [7, 11) is 0. The van der Waals surface area contributed by atoms with Gasteiger partial charge in [0.2, 0.25) is 0 Å². The van der Waals surface area contributed by atoms with E-state index in [9.17, 15) is 19.2 Å². The third kappa shape index (κ3) is 11.4. The van der Waals surface area contributed by atoms with Gasteiger partial charge >= 0.3 is 23.9 Å². The molecule has 0 amide bonds. The molecule has 0 fully saturated rings. The predicted molar refractivity (Wildman–Crippen MR) is 244 cm³/mol. The number of hydrogen-bond acceptors (Lipinski definition) is 12. The summed E-state index contributed by atoms with van der Waals surface area (Å²) in [6, 6.07) is 22.3. The number of hydrogen-bond donors (Lipinski definition) is 0. The number of carbonyl (C=O) groups excluding carboxylic acids is 4. The maximum atomic E-state index is 13.4. The number of unbranched alkanes of at least 4 members (excludes halogenated alkanes) is 5. The summed E-state index contributed by atoms with van der Waals surface area (Å²) in [4.78, 5) is 54.2. The normalized spacial score (nSPS) is 12.8. The maximum Gasteiger partial charge on any atom is 0.313 e. The summed E-state index contributed by atoms with van der Waals surface area (Å²) >= 11 is 0. The topological polar surface area (TPSA) is 167 Å². The van der Waals surface area contributed by atoms with Gasteiger partial charge in [-0.3, -0.25) is 19.2 Å². The minimum Gasteiger partial charge on any atom is -0.465 e. The van der Waals surface area contributed by atoms with Crippen LogP contribution in [0.5, 0.6) is 11.5 Å². The Morgan fingerprint density at radius 2 is 0.828 bits per heavy atom. The molecule has 2 unspecified atom stereocenters. The van der Waals surface area contributed by atoms with Gasteiger partial charge in [0, 0.05) is 25.0 Å². The van der Waals surface area contributed by atoms with Gasteiger partial charge in [0.25, 0.3) is 0 Å². The van der Waals surface area contributed by atoms with Crippen LogP contribution in [0.15, 0.2) is 72.8 Å². The SMILES string of the molecule is CC(=O)Oc1c(-n2nc3ccccc3n2)cc(C(C)C(=O)OCCCCCCCCOC(=O)C(C)c2cc(-n3nc4ccccc4n3)c(OC(C)=O)c(C(C)(C)C)c2)cc1C(C)(C)C. The van der Waals surface area contributed by atoms with Gasteiger partial charge in [0.1, 0.15) is 33.4 Å². The average Bonchev–Trinajstić information content (AvgIpc) is 3.87. The summed E-state index contributed by atoms with van der Waals surface area (Å²) in [6.45, 7) is 19.0. The van der Waals surface area contributed by atoms with Gasteiger partial charge in [-0.2, -0.15) is 0 Å². The molecule has 338 valence electrons. The predicted octanol–water partition coefficient (Wildman–Crippen LogP) is 9.93. The van der Waals surface area contributed by atoms with E-state index >= 15 is 0 Å². The first-order valence-corrected chi connectivity index (χ1v) is 22.0. The van der Waals surface area contributed by atoms with Crippen LogP contribution >= 0.6 is 0 Å². The first-order chi connectivity index (χ1) is 30.3. The zero-order chi connectivity index (χ0) is 46.3. The fourth-order valence-corrected chi connectivity index (χ4v) is 7.40. The smallest absolute Gasteiger partial charge is 0.313 e. The first kappa shape index (κ1) is 47.0. The Labute approximate surface area is 374 Å². The van der Waals surface area contributed by atoms with Crippen molar-refractivity contribution in [1.29, 1.82) is 0 Å². The Kier molecular flexibility index (Phi) is 14.7. The van der Waals surface area contributed by atoms with E-state index < -0.39 is 34.6 Å². The average molecular weight is 873 g/mol. The van der Waals surface area contributed by atoms with Gasteiger partial charge < -0.3 is 18.9 Å². The zero-order valence-electron chi connectivity index (χ0n) is 38.7. The summed E-state index contributed by atoms with van der Waals surface area (Å²) in [5, 5.41) is 18.6. The van der Waals surface area contributed by atoms with Crippen LogP contribution in [0.4, 0.5) is 0 Å². The second-order valence-electron chi connectivity index (χ2n) is 18.4. The molecule has 2 heterocycles. The van der Waals surface area contributed by atoms with Crippen LogP contribution in [0.2, 0.25) is 0 Å². The van der Waals surface area contributed by atoms with Gasteiger partial charge in [0.15, 0.2) is 11.5 Å². The highest BCUT2D eigenvalue weighted by Gasteiger charge is 2.31. The molecule has 14 heteroatoms. The van der Waals surface area contributed by atoms with Crippen LogP contribution in [0, 0.1) is 0 Å². The molecule has 0 aliphatic heterocycles. The van der Waals surface area contributed by atoms with Crippen LogP contribution in [-0.4, -0.2) is 67.1 Å². The number of carbonyl (C=O) groups is 4. The molecule has 0 N–H and O–H groups in total. The Balaban J connectivity index is 0.990. The van der Waals surface area contributed by atoms with Gasteiger partial charge in [0.05, 0.1) is 25.0 Å². The van der Waals surface area contributed by atoms with Gasteiger partial charge in [-0.25, -0.2) is 0 Å². The fourth-order valence-electron chi connectivity index (χ4n) is 7.40. The summed E-state index contributed by atoms with van der Waals surface area (Å²) < 4.78 is 23.0. The summed E-state index contributed by atoms with van der Waals surface area (Å²) in [6.07, 6.45) is 5.10. The van der Waals surface area contributed by atoms with Crippen LogP contribution < -0.4 is 9.47 Å². The van der Waals surface area contributed by atoms with Crippen molar-refractivity contribution in [2.45, 2.75) is 130 Å². The largest absolute Gasteiger partial charge is 0.465 e. The molecule has 0 aliphatic carbocycles. The van der Waals surface area contributed by atoms with Crippen molar-refractivity contribution in [2.24, 2.45) is 0 Å². The Hall–Kier alpha value is -6.44. The van der Waals surface area contributed by atoms with Crippen molar-refractivity contribution in [3.63, 3.8) is 0 Å². The Morgan fingerprint density at radius 3 is 1.12 bits per heavy atom. The molecule has 0 saturated carbocycles. The molecule has 0 spiro atoms. The van der Waals surface area contributed by atoms with E-state index in [2.05, 4.69) is 20.4 Å². The number of fused-ring (bicyclic) bond motifs is 2. The molecule has 14 nitrogen and oxygen atoms in total. The molecular formula is C50H60N6O8. The minimum atomic E-state index is -0.599. The number of ether oxygens (including phenoxy) is 4. The van der Waals surface area contributed by atoms with E-state index in [4.69, 9.17) is 18.9 Å². The van der Waals surface area contributed by atoms with Crippen molar-refractivity contribution >= 4 is 45.9 Å². The molecule has 6 rings (SSSR count). The van der Waals surface area contributed by atoms with E-state index in [1.54, 1.807) is 12.1 Å². The molecule has 64 heavy (non-hydrogen) atoms. The second-order valence-corrected chi connectivity index (χ2v) is 18.4. The highest BCUT2D eigenvalue weighted by molar-refractivity contribution is 5.81. The molecule has 0 saturated heterocycles. The van der Waals surface area contributed by atoms with Gasteiger partial charge in [-0.15, -0.1) is 30.0 Å². The van der Waals surface area contributed by atoms with Crippen molar-refractivity contribution in [3.8, 4) is 22.9 Å². The lowest BCUT2D eigenvalue weighted by molar-refractivity contribution is -0.146. The fraction of sp³-hybridized carbons (Fsp3) is 0.440. The lowest BCUT2D eigenvalue weighted by atomic mass is 9.83. The Bertz CT molecular complexity index is 2400. The van der Waals surface area contributed by atoms with Crippen molar-refractivity contribution in [2.75, 3.05) is 13.2 Å². The van der Waals surface area contributed by atoms with Crippen LogP contribution in [-0.2, 0) is 39.5 Å². The molecule has 0 bridgehead atoms. The lowest BCUT2D eigenvalue weighted by Gasteiger charge is -2.26. The van der Waals surface area contributed by atoms with E-state index in [0.717, 1.165) is 49.7 Å². The Morgan fingerprint density at radius 1 is 0.516 bits per heavy atom. The van der Waals surface area contributed by atoms with E-state index in [1.165, 1.54) is 23.4 Å². The number of benzene rings is 4. The molecule has 0 aliphatic rings. The minimum absolute atomic E-state index is 0.294. The summed E-state index contributed by atoms with van der Waals surface area (Å²) in [5.74, 6) is -2.13. The van der Waals surface area contributed by atoms with E-state index in [1.807, 2.05) is 116 Å². The van der Waals surface area contributed by atoms with Gasteiger partial charge in [-0.05, 0) is 85.0 Å². The number of esters is 4. The van der Waals surface area contributed by atoms with Crippen molar-refractivity contribution < 1.29 is 38.1 Å². The van der Waals surface area contributed by atoms with Crippen LogP contribution in [0.1, 0.15) is 142 Å². The molecule has 2 aromatic heterocycles. The zero-order valence-corrected chi connectivity index (χ0v) is 38.7. The molecule has 2 atom stereocenters. The number of nitrogens with zero attached hydrogens (tertiary/aromatic N) is 6. The molecule has 4 aromatic carbocycles. The number of aromatic nitrogens is 6. The highest BCUT2D eigenvalue weighted by Crippen LogP contribution is 2.41. The molecule has 6 aromatic rings. The van der Waals surface area contributed by atoms with E-state index in [0.29, 0.717) is 69.3 Å². The van der Waals surface area contributed by atoms with E-state index in [-0.39, 0.29) is 11.9 Å². The third-order valence-corrected chi connectivity index (χ3v) is 11.0. The molecular weight excluding hydrogens is 813 g/mol.